The van der Waals surface area contributed by atoms with Crippen LogP contribution < -0.4 is 4.74 Å². The third-order valence-electron chi connectivity index (χ3n) is 3.37. The predicted molar refractivity (Wildman–Crippen MR) is 76.2 cm³/mol. The number of hydrogen-bond donors (Lipinski definition) is 0. The van der Waals surface area contributed by atoms with Crippen LogP contribution in [0.4, 0.5) is 0 Å². The summed E-state index contributed by atoms with van der Waals surface area (Å²) in [6.07, 6.45) is 2.29. The van der Waals surface area contributed by atoms with Crippen LogP contribution in [0.5, 0.6) is 5.75 Å². The summed E-state index contributed by atoms with van der Waals surface area (Å²) in [6.45, 7) is 2.28. The normalized spacial score (nSPS) is 12.1. The van der Waals surface area contributed by atoms with E-state index in [1.807, 2.05) is 6.07 Å². The lowest BCUT2D eigenvalue weighted by Crippen LogP contribution is -1.97. The molecule has 0 aliphatic heterocycles. The van der Waals surface area contributed by atoms with E-state index in [4.69, 9.17) is 4.74 Å². The smallest absolute Gasteiger partial charge is 0.119 e. The Morgan fingerprint density at radius 2 is 1.78 bits per heavy atom. The van der Waals surface area contributed by atoms with Crippen LogP contribution in [0.25, 0.3) is 0 Å². The molecule has 1 unspecified atom stereocenters. The molecule has 0 aromatic heterocycles. The van der Waals surface area contributed by atoms with E-state index in [0.29, 0.717) is 5.92 Å². The summed E-state index contributed by atoms with van der Waals surface area (Å²) in [5, 5.41) is 0. The summed E-state index contributed by atoms with van der Waals surface area (Å²) in [6, 6.07) is 19.0. The standard InChI is InChI=1S/C17H20O/c1-14(11-12-15-7-4-3-5-8-15)16-9-6-10-17(13-16)18-2/h3-10,13-14H,11-12H2,1-2H3. The molecule has 2 rings (SSSR count). The molecule has 1 nitrogen and oxygen atoms in total. The number of methoxy groups -OCH3 is 1. The van der Waals surface area contributed by atoms with Gasteiger partial charge in [0, 0.05) is 0 Å². The average molecular weight is 240 g/mol. The van der Waals surface area contributed by atoms with Crippen molar-refractivity contribution in [2.24, 2.45) is 0 Å². The Kier molecular flexibility index (Phi) is 4.40. The molecule has 0 spiro atoms. The van der Waals surface area contributed by atoms with Gasteiger partial charge in [0.15, 0.2) is 0 Å². The highest BCUT2D eigenvalue weighted by molar-refractivity contribution is 5.30. The van der Waals surface area contributed by atoms with E-state index >= 15 is 0 Å². The lowest BCUT2D eigenvalue weighted by atomic mass is 9.94. The summed E-state index contributed by atoms with van der Waals surface area (Å²) in [5.74, 6) is 1.50. The Morgan fingerprint density at radius 1 is 1.00 bits per heavy atom. The van der Waals surface area contributed by atoms with E-state index < -0.39 is 0 Å². The van der Waals surface area contributed by atoms with Gasteiger partial charge in [-0.2, -0.15) is 0 Å². The predicted octanol–water partition coefficient (Wildman–Crippen LogP) is 4.43. The Bertz CT molecular complexity index is 476. The van der Waals surface area contributed by atoms with Crippen LogP contribution >= 0.6 is 0 Å². The third-order valence-corrected chi connectivity index (χ3v) is 3.37. The quantitative estimate of drug-likeness (QED) is 0.751. The van der Waals surface area contributed by atoms with Gasteiger partial charge in [0.25, 0.3) is 0 Å². The van der Waals surface area contributed by atoms with Gasteiger partial charge in [0.05, 0.1) is 7.11 Å². The highest BCUT2D eigenvalue weighted by Crippen LogP contribution is 2.24. The van der Waals surface area contributed by atoms with E-state index in [0.717, 1.165) is 18.6 Å². The van der Waals surface area contributed by atoms with Crippen molar-refractivity contribution in [1.82, 2.24) is 0 Å². The first-order valence-electron chi connectivity index (χ1n) is 6.47. The third kappa shape index (κ3) is 3.36. The van der Waals surface area contributed by atoms with Gasteiger partial charge < -0.3 is 4.74 Å². The van der Waals surface area contributed by atoms with Crippen LogP contribution in [0.1, 0.15) is 30.4 Å². The molecular weight excluding hydrogens is 220 g/mol. The van der Waals surface area contributed by atoms with Crippen LogP contribution in [-0.2, 0) is 6.42 Å². The fraction of sp³-hybridized carbons (Fsp3) is 0.294. The zero-order valence-electron chi connectivity index (χ0n) is 11.1. The molecule has 0 saturated heterocycles. The molecule has 0 fully saturated rings. The first-order chi connectivity index (χ1) is 8.79. The van der Waals surface area contributed by atoms with Gasteiger partial charge >= 0.3 is 0 Å². The van der Waals surface area contributed by atoms with Crippen molar-refractivity contribution >= 4 is 0 Å². The molecule has 1 heteroatoms. The average Bonchev–Trinajstić information content (AvgIpc) is 2.46. The molecule has 1 atom stereocenters. The lowest BCUT2D eigenvalue weighted by molar-refractivity contribution is 0.413. The number of ether oxygens (including phenoxy) is 1. The first-order valence-corrected chi connectivity index (χ1v) is 6.47. The Hall–Kier alpha value is -1.76. The van der Waals surface area contributed by atoms with E-state index in [1.165, 1.54) is 11.1 Å². The minimum Gasteiger partial charge on any atom is -0.497 e. The highest BCUT2D eigenvalue weighted by atomic mass is 16.5. The second-order valence-electron chi connectivity index (χ2n) is 4.70. The van der Waals surface area contributed by atoms with Crippen molar-refractivity contribution in [1.29, 1.82) is 0 Å². The van der Waals surface area contributed by atoms with Crippen LogP contribution in [0.2, 0.25) is 0 Å². The fourth-order valence-corrected chi connectivity index (χ4v) is 2.14. The van der Waals surface area contributed by atoms with Crippen molar-refractivity contribution in [3.63, 3.8) is 0 Å². The summed E-state index contributed by atoms with van der Waals surface area (Å²) in [4.78, 5) is 0. The molecule has 0 radical (unpaired) electrons. The first kappa shape index (κ1) is 12.7. The largest absolute Gasteiger partial charge is 0.497 e. The number of benzene rings is 2. The fourth-order valence-electron chi connectivity index (χ4n) is 2.14. The molecule has 0 bridgehead atoms. The van der Waals surface area contributed by atoms with Crippen molar-refractivity contribution in [2.45, 2.75) is 25.7 Å². The molecule has 0 aliphatic rings. The molecule has 0 amide bonds. The molecule has 18 heavy (non-hydrogen) atoms. The van der Waals surface area contributed by atoms with Gasteiger partial charge in [0.2, 0.25) is 0 Å². The van der Waals surface area contributed by atoms with Crippen molar-refractivity contribution in [3.05, 3.63) is 65.7 Å². The van der Waals surface area contributed by atoms with Crippen molar-refractivity contribution in [3.8, 4) is 5.75 Å². The second kappa shape index (κ2) is 6.25. The molecule has 0 N–H and O–H groups in total. The molecule has 94 valence electrons. The molecule has 2 aromatic carbocycles. The maximum atomic E-state index is 5.27. The lowest BCUT2D eigenvalue weighted by Gasteiger charge is -2.13. The summed E-state index contributed by atoms with van der Waals surface area (Å²) in [7, 11) is 1.72. The monoisotopic (exact) mass is 240 g/mol. The highest BCUT2D eigenvalue weighted by Gasteiger charge is 2.06. The Balaban J connectivity index is 1.97. The zero-order chi connectivity index (χ0) is 12.8. The van der Waals surface area contributed by atoms with Crippen molar-refractivity contribution in [2.75, 3.05) is 7.11 Å². The maximum Gasteiger partial charge on any atom is 0.119 e. The second-order valence-corrected chi connectivity index (χ2v) is 4.70. The maximum absolute atomic E-state index is 5.27. The van der Waals surface area contributed by atoms with Gasteiger partial charge in [-0.25, -0.2) is 0 Å². The van der Waals surface area contributed by atoms with Gasteiger partial charge in [-0.15, -0.1) is 0 Å². The number of rotatable bonds is 5. The van der Waals surface area contributed by atoms with E-state index in [-0.39, 0.29) is 0 Å². The summed E-state index contributed by atoms with van der Waals surface area (Å²) in [5.41, 5.74) is 2.76. The molecule has 0 heterocycles. The summed E-state index contributed by atoms with van der Waals surface area (Å²) < 4.78 is 5.27. The molecular formula is C17H20O. The van der Waals surface area contributed by atoms with E-state index in [1.54, 1.807) is 7.11 Å². The molecule has 0 aliphatic carbocycles. The van der Waals surface area contributed by atoms with Crippen LogP contribution in [0.15, 0.2) is 54.6 Å². The van der Waals surface area contributed by atoms with E-state index in [2.05, 4.69) is 55.5 Å². The SMILES string of the molecule is COc1cccc(C(C)CCc2ccccc2)c1. The Labute approximate surface area is 109 Å². The summed E-state index contributed by atoms with van der Waals surface area (Å²) >= 11 is 0. The minimum absolute atomic E-state index is 0.556. The van der Waals surface area contributed by atoms with Gasteiger partial charge in [-0.05, 0) is 42.0 Å². The number of aryl methyl sites for hydroxylation is 1. The van der Waals surface area contributed by atoms with Crippen LogP contribution in [0.3, 0.4) is 0 Å². The van der Waals surface area contributed by atoms with Crippen LogP contribution in [-0.4, -0.2) is 7.11 Å². The van der Waals surface area contributed by atoms with Crippen molar-refractivity contribution < 1.29 is 4.74 Å². The molecule has 0 saturated carbocycles. The Morgan fingerprint density at radius 3 is 2.50 bits per heavy atom. The van der Waals surface area contributed by atoms with Gasteiger partial charge in [0.1, 0.15) is 5.75 Å². The molecule has 2 aromatic rings. The topological polar surface area (TPSA) is 9.23 Å². The van der Waals surface area contributed by atoms with E-state index in [9.17, 15) is 0 Å². The zero-order valence-corrected chi connectivity index (χ0v) is 11.1. The van der Waals surface area contributed by atoms with Gasteiger partial charge in [-0.1, -0.05) is 49.4 Å². The number of hydrogen-bond acceptors (Lipinski definition) is 1. The minimum atomic E-state index is 0.556. The van der Waals surface area contributed by atoms with Gasteiger partial charge in [-0.3, -0.25) is 0 Å². The van der Waals surface area contributed by atoms with Crippen LogP contribution in [0, 0.1) is 0 Å².